The molecule has 2 nitrogen and oxygen atoms in total. The molecule has 0 aromatic heterocycles. The van der Waals surface area contributed by atoms with Crippen LogP contribution in [0.2, 0.25) is 10.0 Å². The molecular formula is C12H13Cl2NO. The van der Waals surface area contributed by atoms with Crippen LogP contribution in [-0.4, -0.2) is 5.91 Å². The van der Waals surface area contributed by atoms with Crippen LogP contribution in [0.4, 0.5) is 0 Å². The maximum absolute atomic E-state index is 11.1. The van der Waals surface area contributed by atoms with Crippen LogP contribution in [0.5, 0.6) is 0 Å². The first-order valence-electron chi connectivity index (χ1n) is 5.27. The van der Waals surface area contributed by atoms with Gasteiger partial charge in [0.05, 0.1) is 10.0 Å². The number of amides is 1. The Kier molecular flexibility index (Phi) is 3.13. The van der Waals surface area contributed by atoms with E-state index in [0.717, 1.165) is 24.8 Å². The average Bonchev–Trinajstić information content (AvgIpc) is 2.16. The summed E-state index contributed by atoms with van der Waals surface area (Å²) in [5, 5.41) is 1.08. The molecule has 1 amide bonds. The van der Waals surface area contributed by atoms with Crippen LogP contribution >= 0.6 is 23.2 Å². The molecule has 0 spiro atoms. The monoisotopic (exact) mass is 257 g/mol. The molecule has 16 heavy (non-hydrogen) atoms. The molecule has 2 N–H and O–H groups in total. The number of carbonyl (C=O) groups is 1. The lowest BCUT2D eigenvalue weighted by molar-refractivity contribution is -0.120. The number of carbonyl (C=O) groups excluding carboxylic acids is 1. The molecule has 2 rings (SSSR count). The normalized spacial score (nSPS) is 17.9. The van der Waals surface area contributed by atoms with Crippen molar-refractivity contribution in [1.29, 1.82) is 0 Å². The van der Waals surface area contributed by atoms with Crippen molar-refractivity contribution in [3.8, 4) is 0 Å². The predicted octanol–water partition coefficient (Wildman–Crippen LogP) is 3.29. The van der Waals surface area contributed by atoms with Gasteiger partial charge in [-0.05, 0) is 30.5 Å². The Morgan fingerprint density at radius 3 is 2.44 bits per heavy atom. The van der Waals surface area contributed by atoms with Gasteiger partial charge in [-0.15, -0.1) is 0 Å². The molecule has 1 fully saturated rings. The molecule has 1 aliphatic carbocycles. The van der Waals surface area contributed by atoms with E-state index in [1.807, 2.05) is 12.1 Å². The molecule has 0 radical (unpaired) electrons. The minimum absolute atomic E-state index is 0.0972. The van der Waals surface area contributed by atoms with Crippen LogP contribution in [0, 0.1) is 0 Å². The summed E-state index contributed by atoms with van der Waals surface area (Å²) in [7, 11) is 0. The van der Waals surface area contributed by atoms with Gasteiger partial charge in [-0.2, -0.15) is 0 Å². The zero-order chi connectivity index (χ0) is 11.8. The molecule has 0 aliphatic heterocycles. The van der Waals surface area contributed by atoms with Gasteiger partial charge in [-0.1, -0.05) is 35.7 Å². The Bertz CT molecular complexity index is 427. The molecule has 86 valence electrons. The summed E-state index contributed by atoms with van der Waals surface area (Å²) in [5.41, 5.74) is 6.27. The third-order valence-corrected chi connectivity index (χ3v) is 4.09. The van der Waals surface area contributed by atoms with Crippen LogP contribution in [0.25, 0.3) is 0 Å². The number of nitrogens with two attached hydrogens (primary N) is 1. The van der Waals surface area contributed by atoms with Crippen LogP contribution in [0.3, 0.4) is 0 Å². The summed E-state index contributed by atoms with van der Waals surface area (Å²) in [6, 6.07) is 5.57. The first kappa shape index (κ1) is 11.7. The van der Waals surface area contributed by atoms with Crippen LogP contribution in [-0.2, 0) is 10.2 Å². The van der Waals surface area contributed by atoms with Crippen molar-refractivity contribution in [1.82, 2.24) is 0 Å². The van der Waals surface area contributed by atoms with Gasteiger partial charge >= 0.3 is 0 Å². The first-order chi connectivity index (χ1) is 7.53. The van der Waals surface area contributed by atoms with E-state index in [1.54, 1.807) is 6.07 Å². The SMILES string of the molecule is NC(=O)CC1(c2ccc(Cl)c(Cl)c2)CCC1. The Hall–Kier alpha value is -0.730. The highest BCUT2D eigenvalue weighted by molar-refractivity contribution is 6.42. The number of rotatable bonds is 3. The number of primary amides is 1. The summed E-state index contributed by atoms with van der Waals surface area (Å²) >= 11 is 11.9. The minimum Gasteiger partial charge on any atom is -0.370 e. The van der Waals surface area contributed by atoms with Crippen molar-refractivity contribution < 1.29 is 4.79 Å². The molecular weight excluding hydrogens is 245 g/mol. The third kappa shape index (κ3) is 2.04. The van der Waals surface area contributed by atoms with Crippen molar-refractivity contribution in [2.45, 2.75) is 31.1 Å². The van der Waals surface area contributed by atoms with Crippen LogP contribution in [0.15, 0.2) is 18.2 Å². The quantitative estimate of drug-likeness (QED) is 0.888. The molecule has 0 saturated heterocycles. The fourth-order valence-electron chi connectivity index (χ4n) is 2.33. The van der Waals surface area contributed by atoms with Crippen molar-refractivity contribution in [3.63, 3.8) is 0 Å². The maximum Gasteiger partial charge on any atom is 0.218 e. The van der Waals surface area contributed by atoms with Crippen molar-refractivity contribution in [3.05, 3.63) is 33.8 Å². The topological polar surface area (TPSA) is 43.1 Å². The largest absolute Gasteiger partial charge is 0.370 e. The summed E-state index contributed by atoms with van der Waals surface area (Å²) in [4.78, 5) is 11.1. The molecule has 0 atom stereocenters. The Labute approximate surface area is 105 Å². The van der Waals surface area contributed by atoms with Crippen LogP contribution in [0.1, 0.15) is 31.2 Å². The minimum atomic E-state index is -0.259. The van der Waals surface area contributed by atoms with Gasteiger partial charge in [0, 0.05) is 11.8 Å². The van der Waals surface area contributed by atoms with Crippen molar-refractivity contribution >= 4 is 29.1 Å². The second-order valence-corrected chi connectivity index (χ2v) is 5.22. The Morgan fingerprint density at radius 2 is 2.00 bits per heavy atom. The molecule has 0 unspecified atom stereocenters. The molecule has 0 heterocycles. The zero-order valence-electron chi connectivity index (χ0n) is 8.80. The number of hydrogen-bond donors (Lipinski definition) is 1. The Balaban J connectivity index is 2.33. The standard InChI is InChI=1S/C12H13Cl2NO/c13-9-3-2-8(6-10(9)14)12(4-1-5-12)7-11(15)16/h2-3,6H,1,4-5,7H2,(H2,15,16). The second kappa shape index (κ2) is 4.27. The maximum atomic E-state index is 11.1. The molecule has 4 heteroatoms. The molecule has 1 aromatic carbocycles. The predicted molar refractivity (Wildman–Crippen MR) is 65.8 cm³/mol. The highest BCUT2D eigenvalue weighted by Gasteiger charge is 2.40. The van der Waals surface area contributed by atoms with E-state index in [0.29, 0.717) is 16.5 Å². The molecule has 0 bridgehead atoms. The van der Waals surface area contributed by atoms with Crippen molar-refractivity contribution in [2.24, 2.45) is 5.73 Å². The van der Waals surface area contributed by atoms with Gasteiger partial charge in [-0.3, -0.25) is 4.79 Å². The van der Waals surface area contributed by atoms with E-state index in [2.05, 4.69) is 0 Å². The zero-order valence-corrected chi connectivity index (χ0v) is 10.3. The van der Waals surface area contributed by atoms with Crippen LogP contribution < -0.4 is 5.73 Å². The lowest BCUT2D eigenvalue weighted by Crippen LogP contribution is -2.38. The van der Waals surface area contributed by atoms with Gasteiger partial charge in [0.15, 0.2) is 0 Å². The van der Waals surface area contributed by atoms with E-state index >= 15 is 0 Å². The van der Waals surface area contributed by atoms with Gasteiger partial charge in [-0.25, -0.2) is 0 Å². The van der Waals surface area contributed by atoms with Crippen molar-refractivity contribution in [2.75, 3.05) is 0 Å². The lowest BCUT2D eigenvalue weighted by Gasteiger charge is -2.41. The summed E-state index contributed by atoms with van der Waals surface area (Å²) in [6.07, 6.45) is 3.51. The van der Waals surface area contributed by atoms with E-state index in [1.165, 1.54) is 0 Å². The molecule has 1 aromatic rings. The highest BCUT2D eigenvalue weighted by atomic mass is 35.5. The van der Waals surface area contributed by atoms with E-state index < -0.39 is 0 Å². The van der Waals surface area contributed by atoms with E-state index in [9.17, 15) is 4.79 Å². The van der Waals surface area contributed by atoms with Gasteiger partial charge < -0.3 is 5.73 Å². The smallest absolute Gasteiger partial charge is 0.218 e. The third-order valence-electron chi connectivity index (χ3n) is 3.36. The van der Waals surface area contributed by atoms with Gasteiger partial charge in [0.1, 0.15) is 0 Å². The summed E-state index contributed by atoms with van der Waals surface area (Å²) < 4.78 is 0. The number of benzene rings is 1. The van der Waals surface area contributed by atoms with E-state index in [4.69, 9.17) is 28.9 Å². The van der Waals surface area contributed by atoms with Gasteiger partial charge in [0.25, 0.3) is 0 Å². The van der Waals surface area contributed by atoms with Gasteiger partial charge in [0.2, 0.25) is 5.91 Å². The van der Waals surface area contributed by atoms with E-state index in [-0.39, 0.29) is 11.3 Å². The number of hydrogen-bond acceptors (Lipinski definition) is 1. The fourth-order valence-corrected chi connectivity index (χ4v) is 2.63. The molecule has 1 saturated carbocycles. The average molecular weight is 258 g/mol. The summed E-state index contributed by atoms with van der Waals surface area (Å²) in [5.74, 6) is -0.259. The first-order valence-corrected chi connectivity index (χ1v) is 6.03. The fraction of sp³-hybridized carbons (Fsp3) is 0.417. The lowest BCUT2D eigenvalue weighted by atomic mass is 9.62. The second-order valence-electron chi connectivity index (χ2n) is 4.41. The summed E-state index contributed by atoms with van der Waals surface area (Å²) in [6.45, 7) is 0. The number of halogens is 2. The molecule has 1 aliphatic rings. The highest BCUT2D eigenvalue weighted by Crippen LogP contribution is 2.47. The Morgan fingerprint density at radius 1 is 1.31 bits per heavy atom.